The van der Waals surface area contributed by atoms with Gasteiger partial charge in [-0.25, -0.2) is 4.79 Å². The Bertz CT molecular complexity index is 571. The zero-order valence-electron chi connectivity index (χ0n) is 16.0. The molecule has 2 unspecified atom stereocenters. The summed E-state index contributed by atoms with van der Waals surface area (Å²) >= 11 is 0. The number of amides is 1. The Kier molecular flexibility index (Phi) is 6.79. The van der Waals surface area contributed by atoms with E-state index in [9.17, 15) is 4.79 Å². The predicted molar refractivity (Wildman–Crippen MR) is 97.4 cm³/mol. The molecule has 0 aromatic carbocycles. The van der Waals surface area contributed by atoms with Gasteiger partial charge in [-0.2, -0.15) is 0 Å². The Morgan fingerprint density at radius 3 is 2.84 bits per heavy atom. The van der Waals surface area contributed by atoms with E-state index in [-0.39, 0.29) is 18.2 Å². The molecule has 1 N–H and O–H groups in total. The molecule has 1 fully saturated rings. The van der Waals surface area contributed by atoms with Crippen molar-refractivity contribution in [3.63, 3.8) is 0 Å². The summed E-state index contributed by atoms with van der Waals surface area (Å²) in [5, 5.41) is 3.58. The molecule has 2 heterocycles. The lowest BCUT2D eigenvalue weighted by atomic mass is 10.0. The molecule has 1 aromatic rings. The smallest absolute Gasteiger partial charge is 0.410 e. The summed E-state index contributed by atoms with van der Waals surface area (Å²) in [7, 11) is 0. The van der Waals surface area contributed by atoms with E-state index in [1.807, 2.05) is 46.9 Å². The van der Waals surface area contributed by atoms with Gasteiger partial charge in [0.1, 0.15) is 5.60 Å². The Balaban J connectivity index is 1.93. The van der Waals surface area contributed by atoms with Gasteiger partial charge < -0.3 is 19.7 Å². The van der Waals surface area contributed by atoms with Crippen LogP contribution in [0.2, 0.25) is 0 Å². The number of carbonyl (C=O) groups is 1. The average Bonchev–Trinajstić information content (AvgIpc) is 2.52. The van der Waals surface area contributed by atoms with Crippen LogP contribution < -0.4 is 5.32 Å². The Morgan fingerprint density at radius 1 is 1.44 bits per heavy atom. The SMILES string of the molecule is CCOC1CN(C(=O)OC(C)(C)C)CCC1NCc1ccnc(C)c1. The van der Waals surface area contributed by atoms with Crippen molar-refractivity contribution in [2.24, 2.45) is 0 Å². The second-order valence-corrected chi connectivity index (χ2v) is 7.50. The Labute approximate surface area is 150 Å². The fourth-order valence-corrected chi connectivity index (χ4v) is 2.99. The quantitative estimate of drug-likeness (QED) is 0.885. The largest absolute Gasteiger partial charge is 0.444 e. The molecule has 1 aromatic heterocycles. The van der Waals surface area contributed by atoms with Gasteiger partial charge in [0.25, 0.3) is 0 Å². The first kappa shape index (κ1) is 19.7. The summed E-state index contributed by atoms with van der Waals surface area (Å²) in [5.74, 6) is 0. The van der Waals surface area contributed by atoms with Crippen LogP contribution in [0.1, 0.15) is 45.4 Å². The number of pyridine rings is 1. The van der Waals surface area contributed by atoms with Gasteiger partial charge in [-0.15, -0.1) is 0 Å². The van der Waals surface area contributed by atoms with E-state index < -0.39 is 5.60 Å². The lowest BCUT2D eigenvalue weighted by Crippen LogP contribution is -2.55. The van der Waals surface area contributed by atoms with Crippen LogP contribution in [0.5, 0.6) is 0 Å². The summed E-state index contributed by atoms with van der Waals surface area (Å²) in [4.78, 5) is 18.3. The second kappa shape index (κ2) is 8.63. The third-order valence-corrected chi connectivity index (χ3v) is 4.12. The van der Waals surface area contributed by atoms with Gasteiger partial charge in [0, 0.05) is 37.6 Å². The molecular formula is C19H31N3O3. The minimum absolute atomic E-state index is 0.0331. The maximum atomic E-state index is 12.3. The lowest BCUT2D eigenvalue weighted by Gasteiger charge is -2.39. The van der Waals surface area contributed by atoms with E-state index in [4.69, 9.17) is 9.47 Å². The molecule has 0 aliphatic carbocycles. The van der Waals surface area contributed by atoms with Crippen molar-refractivity contribution in [1.29, 1.82) is 0 Å². The maximum absolute atomic E-state index is 12.3. The number of nitrogens with zero attached hydrogens (tertiary/aromatic N) is 2. The zero-order valence-corrected chi connectivity index (χ0v) is 16.0. The summed E-state index contributed by atoms with van der Waals surface area (Å²) in [6, 6.07) is 4.32. The Morgan fingerprint density at radius 2 is 2.20 bits per heavy atom. The highest BCUT2D eigenvalue weighted by molar-refractivity contribution is 5.68. The van der Waals surface area contributed by atoms with Crippen LogP contribution in [0, 0.1) is 6.92 Å². The van der Waals surface area contributed by atoms with E-state index in [2.05, 4.69) is 16.4 Å². The fraction of sp³-hybridized carbons (Fsp3) is 0.684. The average molecular weight is 349 g/mol. The fourth-order valence-electron chi connectivity index (χ4n) is 2.99. The second-order valence-electron chi connectivity index (χ2n) is 7.50. The number of hydrogen-bond acceptors (Lipinski definition) is 5. The number of nitrogens with one attached hydrogen (secondary N) is 1. The minimum Gasteiger partial charge on any atom is -0.444 e. The van der Waals surface area contributed by atoms with Crippen molar-refractivity contribution < 1.29 is 14.3 Å². The number of aromatic nitrogens is 1. The van der Waals surface area contributed by atoms with Crippen molar-refractivity contribution in [3.8, 4) is 0 Å². The van der Waals surface area contributed by atoms with E-state index in [0.29, 0.717) is 19.7 Å². The van der Waals surface area contributed by atoms with Crippen LogP contribution >= 0.6 is 0 Å². The zero-order chi connectivity index (χ0) is 18.4. The molecule has 0 spiro atoms. The first-order valence-electron chi connectivity index (χ1n) is 9.03. The topological polar surface area (TPSA) is 63.7 Å². The van der Waals surface area contributed by atoms with Gasteiger partial charge in [0.05, 0.1) is 12.6 Å². The standard InChI is InChI=1S/C19H31N3O3/c1-6-24-17-13-22(18(23)25-19(3,4)5)10-8-16(17)21-12-15-7-9-20-14(2)11-15/h7,9,11,16-17,21H,6,8,10,12-13H2,1-5H3. The third-order valence-electron chi connectivity index (χ3n) is 4.12. The molecule has 0 saturated carbocycles. The van der Waals surface area contributed by atoms with E-state index in [0.717, 1.165) is 18.7 Å². The minimum atomic E-state index is -0.480. The van der Waals surface area contributed by atoms with Gasteiger partial charge in [-0.3, -0.25) is 4.98 Å². The molecule has 6 nitrogen and oxygen atoms in total. The van der Waals surface area contributed by atoms with Crippen LogP contribution in [0.25, 0.3) is 0 Å². The summed E-state index contributed by atoms with van der Waals surface area (Å²) in [6.45, 7) is 12.2. The van der Waals surface area contributed by atoms with Crippen LogP contribution in [0.15, 0.2) is 18.3 Å². The van der Waals surface area contributed by atoms with Crippen LogP contribution in [-0.4, -0.2) is 53.4 Å². The number of aryl methyl sites for hydroxylation is 1. The first-order chi connectivity index (χ1) is 11.8. The molecule has 25 heavy (non-hydrogen) atoms. The highest BCUT2D eigenvalue weighted by Crippen LogP contribution is 2.18. The molecule has 0 radical (unpaired) electrons. The van der Waals surface area contributed by atoms with Crippen LogP contribution in [0.3, 0.4) is 0 Å². The van der Waals surface area contributed by atoms with Crippen molar-refractivity contribution in [2.75, 3.05) is 19.7 Å². The number of hydrogen-bond donors (Lipinski definition) is 1. The molecule has 140 valence electrons. The van der Waals surface area contributed by atoms with E-state index in [1.54, 1.807) is 4.90 Å². The van der Waals surface area contributed by atoms with Crippen LogP contribution in [0.4, 0.5) is 4.79 Å². The highest BCUT2D eigenvalue weighted by atomic mass is 16.6. The number of likely N-dealkylation sites (tertiary alicyclic amines) is 1. The van der Waals surface area contributed by atoms with Gasteiger partial charge in [-0.05, 0) is 58.7 Å². The number of carbonyl (C=O) groups excluding carboxylic acids is 1. The molecule has 1 amide bonds. The predicted octanol–water partition coefficient (Wildman–Crippen LogP) is 2.89. The number of piperidine rings is 1. The maximum Gasteiger partial charge on any atom is 0.410 e. The lowest BCUT2D eigenvalue weighted by molar-refractivity contribution is -0.0313. The summed E-state index contributed by atoms with van der Waals surface area (Å²) in [5.41, 5.74) is 1.74. The molecule has 6 heteroatoms. The van der Waals surface area contributed by atoms with E-state index in [1.165, 1.54) is 5.56 Å². The van der Waals surface area contributed by atoms with Crippen LogP contribution in [-0.2, 0) is 16.0 Å². The highest BCUT2D eigenvalue weighted by Gasteiger charge is 2.33. The normalized spacial score (nSPS) is 21.2. The Hall–Kier alpha value is -1.66. The summed E-state index contributed by atoms with van der Waals surface area (Å²) < 4.78 is 11.4. The van der Waals surface area contributed by atoms with Crippen molar-refractivity contribution in [3.05, 3.63) is 29.6 Å². The van der Waals surface area contributed by atoms with E-state index >= 15 is 0 Å². The molecule has 1 aliphatic rings. The summed E-state index contributed by atoms with van der Waals surface area (Å²) in [6.07, 6.45) is 2.38. The monoisotopic (exact) mass is 349 g/mol. The third kappa shape index (κ3) is 6.29. The molecule has 0 bridgehead atoms. The van der Waals surface area contributed by atoms with Gasteiger partial charge in [0.2, 0.25) is 0 Å². The molecule has 2 rings (SSSR count). The number of rotatable bonds is 5. The van der Waals surface area contributed by atoms with Crippen molar-refractivity contribution in [1.82, 2.24) is 15.2 Å². The van der Waals surface area contributed by atoms with Gasteiger partial charge in [0.15, 0.2) is 0 Å². The first-order valence-corrected chi connectivity index (χ1v) is 9.03. The molecule has 1 saturated heterocycles. The molecule has 2 atom stereocenters. The van der Waals surface area contributed by atoms with Gasteiger partial charge in [-0.1, -0.05) is 0 Å². The number of ether oxygens (including phenoxy) is 2. The van der Waals surface area contributed by atoms with Crippen molar-refractivity contribution >= 4 is 6.09 Å². The molecule has 1 aliphatic heterocycles. The molecular weight excluding hydrogens is 318 g/mol. The van der Waals surface area contributed by atoms with Crippen molar-refractivity contribution in [2.45, 2.75) is 65.3 Å². The van der Waals surface area contributed by atoms with Gasteiger partial charge >= 0.3 is 6.09 Å².